The van der Waals surface area contributed by atoms with E-state index in [0.29, 0.717) is 22.8 Å². The molecule has 0 aliphatic heterocycles. The Labute approximate surface area is 135 Å². The molecule has 2 rings (SSSR count). The summed E-state index contributed by atoms with van der Waals surface area (Å²) in [7, 11) is 1.64. The van der Waals surface area contributed by atoms with Crippen molar-refractivity contribution >= 4 is 17.2 Å². The summed E-state index contributed by atoms with van der Waals surface area (Å²) in [6.45, 7) is 17.1. The van der Waals surface area contributed by atoms with Crippen molar-refractivity contribution in [2.24, 2.45) is 17.3 Å². The molecule has 0 aliphatic carbocycles. The van der Waals surface area contributed by atoms with Crippen molar-refractivity contribution in [1.29, 1.82) is 0 Å². The van der Waals surface area contributed by atoms with Crippen molar-refractivity contribution in [1.82, 2.24) is 20.0 Å². The number of azo groups is 1. The van der Waals surface area contributed by atoms with Crippen LogP contribution in [0.15, 0.2) is 10.2 Å². The van der Waals surface area contributed by atoms with Gasteiger partial charge in [0, 0.05) is 12.5 Å². The normalized spacial score (nSPS) is 12.3. The maximum absolute atomic E-state index is 10.1. The molecule has 8 heteroatoms. The van der Waals surface area contributed by atoms with E-state index in [1.807, 2.05) is 34.6 Å². The third-order valence-electron chi connectivity index (χ3n) is 3.36. The lowest BCUT2D eigenvalue weighted by molar-refractivity contribution is 0.419. The second-order valence-corrected chi connectivity index (χ2v) is 6.67. The van der Waals surface area contributed by atoms with Crippen LogP contribution in [0.2, 0.25) is 0 Å². The van der Waals surface area contributed by atoms with E-state index in [2.05, 4.69) is 30.4 Å². The second kappa shape index (κ2) is 5.83. The minimum atomic E-state index is -0.299. The van der Waals surface area contributed by atoms with Gasteiger partial charge in [0.15, 0.2) is 11.5 Å². The molecule has 0 fully saturated rings. The van der Waals surface area contributed by atoms with Crippen LogP contribution in [0.1, 0.15) is 51.9 Å². The van der Waals surface area contributed by atoms with Gasteiger partial charge in [-0.25, -0.2) is 9.53 Å². The van der Waals surface area contributed by atoms with E-state index in [-0.39, 0.29) is 23.0 Å². The Morgan fingerprint density at radius 3 is 2.48 bits per heavy atom. The predicted octanol–water partition coefficient (Wildman–Crippen LogP) is 4.24. The number of rotatable bonds is 3. The molecule has 0 aliphatic rings. The summed E-state index contributed by atoms with van der Waals surface area (Å²) in [6.07, 6.45) is 0. The lowest BCUT2D eigenvalue weighted by Crippen LogP contribution is -2.12. The van der Waals surface area contributed by atoms with Crippen LogP contribution in [0.25, 0.3) is 4.85 Å². The maximum Gasteiger partial charge on any atom is 0.254 e. The molecule has 122 valence electrons. The van der Waals surface area contributed by atoms with Crippen LogP contribution in [-0.4, -0.2) is 25.1 Å². The van der Waals surface area contributed by atoms with E-state index in [1.165, 1.54) is 4.68 Å². The first-order valence-electron chi connectivity index (χ1n) is 7.30. The van der Waals surface area contributed by atoms with Crippen LogP contribution >= 0.6 is 0 Å². The van der Waals surface area contributed by atoms with Crippen molar-refractivity contribution < 1.29 is 5.11 Å². The van der Waals surface area contributed by atoms with Crippen molar-refractivity contribution in [3.05, 3.63) is 22.8 Å². The summed E-state index contributed by atoms with van der Waals surface area (Å²) in [6, 6.07) is 0. The quantitative estimate of drug-likeness (QED) is 0.655. The monoisotopic (exact) mass is 315 g/mol. The number of aromatic amines is 1. The smallest absolute Gasteiger partial charge is 0.254 e. The van der Waals surface area contributed by atoms with Gasteiger partial charge in [-0.3, -0.25) is 5.10 Å². The van der Waals surface area contributed by atoms with E-state index in [9.17, 15) is 5.11 Å². The van der Waals surface area contributed by atoms with Crippen molar-refractivity contribution in [3.63, 3.8) is 0 Å². The Hall–Kier alpha value is -2.69. The summed E-state index contributed by atoms with van der Waals surface area (Å²) in [4.78, 5) is 3.48. The molecule has 0 spiro atoms. The van der Waals surface area contributed by atoms with Gasteiger partial charge in [0.25, 0.3) is 5.69 Å². The second-order valence-electron chi connectivity index (χ2n) is 6.67. The minimum absolute atomic E-state index is 0.0633. The van der Waals surface area contributed by atoms with Crippen LogP contribution in [0, 0.1) is 6.57 Å². The van der Waals surface area contributed by atoms with Crippen molar-refractivity contribution in [2.45, 2.75) is 46.0 Å². The summed E-state index contributed by atoms with van der Waals surface area (Å²) in [5.41, 5.74) is 1.64. The van der Waals surface area contributed by atoms with Gasteiger partial charge in [-0.15, -0.1) is 10.2 Å². The lowest BCUT2D eigenvalue weighted by atomic mass is 9.91. The fraction of sp³-hybridized carbons (Fsp3) is 0.533. The van der Waals surface area contributed by atoms with Crippen LogP contribution in [0.3, 0.4) is 0 Å². The highest BCUT2D eigenvalue weighted by Crippen LogP contribution is 2.40. The highest BCUT2D eigenvalue weighted by Gasteiger charge is 2.26. The number of nitrogens with one attached hydrogen (secondary N) is 1. The molecule has 8 nitrogen and oxygen atoms in total. The van der Waals surface area contributed by atoms with E-state index in [1.54, 1.807) is 7.05 Å². The number of hydrogen-bond acceptors (Lipinski definition) is 5. The first-order chi connectivity index (χ1) is 10.7. The van der Waals surface area contributed by atoms with Gasteiger partial charge in [0.2, 0.25) is 5.88 Å². The average molecular weight is 315 g/mol. The molecule has 2 aromatic rings. The summed E-state index contributed by atoms with van der Waals surface area (Å²) in [5.74, 6) is 0.328. The van der Waals surface area contributed by atoms with Gasteiger partial charge in [-0.05, 0) is 5.92 Å². The molecule has 23 heavy (non-hydrogen) atoms. The van der Waals surface area contributed by atoms with Crippen LogP contribution in [0.4, 0.5) is 17.2 Å². The number of aromatic nitrogens is 4. The molecule has 2 heterocycles. The maximum atomic E-state index is 10.1. The van der Waals surface area contributed by atoms with Gasteiger partial charge < -0.3 is 5.11 Å². The molecule has 2 aromatic heterocycles. The molecular formula is C15H21N7O. The zero-order chi connectivity index (χ0) is 17.4. The van der Waals surface area contributed by atoms with Gasteiger partial charge in [0.1, 0.15) is 0 Å². The number of aromatic hydroxyl groups is 1. The third-order valence-corrected chi connectivity index (χ3v) is 3.36. The Morgan fingerprint density at radius 2 is 1.96 bits per heavy atom. The Morgan fingerprint density at radius 1 is 1.30 bits per heavy atom. The first kappa shape index (κ1) is 16.7. The summed E-state index contributed by atoms with van der Waals surface area (Å²) in [5, 5.41) is 29.5. The molecule has 0 radical (unpaired) electrons. The zero-order valence-electron chi connectivity index (χ0n) is 14.2. The first-order valence-corrected chi connectivity index (χ1v) is 7.30. The number of H-pyrrole nitrogens is 1. The SMILES string of the molecule is [C-]#[N+]c1c(C(C)C)n[nH]c1/N=N/c1c(C(C)(C)C)nn(C)c1O. The molecule has 2 N–H and O–H groups in total. The van der Waals surface area contributed by atoms with E-state index in [0.717, 1.165) is 0 Å². The van der Waals surface area contributed by atoms with Crippen molar-refractivity contribution in [2.75, 3.05) is 0 Å². The number of nitrogens with zero attached hydrogens (tertiary/aromatic N) is 6. The van der Waals surface area contributed by atoms with Crippen molar-refractivity contribution in [3.8, 4) is 5.88 Å². The summed E-state index contributed by atoms with van der Waals surface area (Å²) >= 11 is 0. The fourth-order valence-corrected chi connectivity index (χ4v) is 2.12. The molecule has 0 amide bonds. The van der Waals surface area contributed by atoms with Gasteiger partial charge in [-0.1, -0.05) is 34.6 Å². The van der Waals surface area contributed by atoms with E-state index >= 15 is 0 Å². The van der Waals surface area contributed by atoms with Gasteiger partial charge >= 0.3 is 0 Å². The highest BCUT2D eigenvalue weighted by molar-refractivity contribution is 5.66. The van der Waals surface area contributed by atoms with E-state index < -0.39 is 0 Å². The molecule has 0 unspecified atom stereocenters. The Bertz CT molecular complexity index is 784. The molecular weight excluding hydrogens is 294 g/mol. The number of aryl methyl sites for hydroxylation is 1. The van der Waals surface area contributed by atoms with Crippen LogP contribution in [0.5, 0.6) is 5.88 Å². The fourth-order valence-electron chi connectivity index (χ4n) is 2.12. The number of hydrogen-bond donors (Lipinski definition) is 2. The zero-order valence-corrected chi connectivity index (χ0v) is 14.2. The van der Waals surface area contributed by atoms with Crippen LogP contribution < -0.4 is 0 Å². The highest BCUT2D eigenvalue weighted by atomic mass is 16.3. The Balaban J connectivity index is 2.49. The predicted molar refractivity (Wildman–Crippen MR) is 86.7 cm³/mol. The van der Waals surface area contributed by atoms with Crippen LogP contribution in [-0.2, 0) is 12.5 Å². The lowest BCUT2D eigenvalue weighted by Gasteiger charge is -2.14. The molecule has 0 bridgehead atoms. The standard InChI is InChI=1S/C15H21N7O/c1-8(2)9-10(16-6)13(19-17-9)20-18-11-12(15(3,4)5)21-22(7)14(11)23/h8,23H,1-5,7H3,(H,17,19)/b20-18+. The largest absolute Gasteiger partial charge is 0.492 e. The van der Waals surface area contributed by atoms with Gasteiger partial charge in [-0.2, -0.15) is 10.2 Å². The summed E-state index contributed by atoms with van der Waals surface area (Å²) < 4.78 is 1.36. The molecule has 0 saturated carbocycles. The van der Waals surface area contributed by atoms with Gasteiger partial charge in [0.05, 0.1) is 18.0 Å². The minimum Gasteiger partial charge on any atom is -0.492 e. The molecule has 0 aromatic carbocycles. The molecule has 0 atom stereocenters. The third kappa shape index (κ3) is 3.08. The Kier molecular flexibility index (Phi) is 4.23. The van der Waals surface area contributed by atoms with E-state index in [4.69, 9.17) is 6.57 Å². The molecule has 0 saturated heterocycles. The average Bonchev–Trinajstić information content (AvgIpc) is 2.99. The topological polar surface area (TPSA) is 95.8 Å².